The van der Waals surface area contributed by atoms with Crippen LogP contribution in [0.25, 0.3) is 0 Å². The van der Waals surface area contributed by atoms with E-state index in [1.807, 2.05) is 0 Å². The zero-order valence-corrected chi connectivity index (χ0v) is 10.3. The number of nitrogens with zero attached hydrogens (tertiary/aromatic N) is 1. The summed E-state index contributed by atoms with van der Waals surface area (Å²) in [6.45, 7) is 0.384. The monoisotopic (exact) mass is 297 g/mol. The third-order valence-electron chi connectivity index (χ3n) is 2.40. The molecule has 1 heterocycles. The van der Waals surface area contributed by atoms with Gasteiger partial charge in [0.05, 0.1) is 0 Å². The maximum atomic E-state index is 12.9. The Hall–Kier alpha value is -1.62. The summed E-state index contributed by atoms with van der Waals surface area (Å²) in [5.74, 6) is -1.31. The van der Waals surface area contributed by atoms with E-state index >= 15 is 0 Å². The van der Waals surface area contributed by atoms with Gasteiger partial charge >= 0.3 is 5.97 Å². The van der Waals surface area contributed by atoms with E-state index < -0.39 is 5.97 Å². The minimum Gasteiger partial charge on any atom is -0.477 e. The Morgan fingerprint density at radius 1 is 1.41 bits per heavy atom. The quantitative estimate of drug-likeness (QED) is 0.946. The van der Waals surface area contributed by atoms with Crippen LogP contribution in [-0.4, -0.2) is 15.6 Å². The summed E-state index contributed by atoms with van der Waals surface area (Å²) in [4.78, 5) is 10.9. The van der Waals surface area contributed by atoms with Crippen molar-refractivity contribution in [3.63, 3.8) is 0 Å². The van der Waals surface area contributed by atoms with Crippen LogP contribution >= 0.6 is 15.9 Å². The van der Waals surface area contributed by atoms with Crippen molar-refractivity contribution in [1.29, 1.82) is 0 Å². The van der Waals surface area contributed by atoms with E-state index in [0.29, 0.717) is 11.0 Å². The number of carboxylic acid groups (broad SMARTS) is 1. The Labute approximate surface area is 106 Å². The average Bonchev–Trinajstić information content (AvgIpc) is 2.70. The van der Waals surface area contributed by atoms with Gasteiger partial charge in [0.25, 0.3) is 0 Å². The average molecular weight is 298 g/mol. The summed E-state index contributed by atoms with van der Waals surface area (Å²) >= 11 is 3.25. The van der Waals surface area contributed by atoms with E-state index in [2.05, 4.69) is 15.9 Å². The second-order valence-corrected chi connectivity index (χ2v) is 4.42. The summed E-state index contributed by atoms with van der Waals surface area (Å²) in [5, 5.41) is 8.95. The molecule has 1 aromatic heterocycles. The molecule has 2 rings (SSSR count). The fourth-order valence-corrected chi connectivity index (χ4v) is 2.06. The van der Waals surface area contributed by atoms with Crippen molar-refractivity contribution < 1.29 is 14.3 Å². The number of benzene rings is 1. The van der Waals surface area contributed by atoms with Gasteiger partial charge in [-0.2, -0.15) is 0 Å². The number of hydrogen-bond donors (Lipinski definition) is 1. The fraction of sp³-hybridized carbons (Fsp3) is 0.0833. The lowest BCUT2D eigenvalue weighted by molar-refractivity contribution is 0.0685. The van der Waals surface area contributed by atoms with Crippen molar-refractivity contribution in [2.45, 2.75) is 6.54 Å². The van der Waals surface area contributed by atoms with Gasteiger partial charge < -0.3 is 9.67 Å². The molecule has 1 aromatic carbocycles. The number of carbonyl (C=O) groups is 1. The van der Waals surface area contributed by atoms with Crippen LogP contribution in [0.4, 0.5) is 4.39 Å². The first-order chi connectivity index (χ1) is 8.08. The highest BCUT2D eigenvalue weighted by Crippen LogP contribution is 2.19. The molecule has 0 aliphatic carbocycles. The largest absolute Gasteiger partial charge is 0.477 e. The van der Waals surface area contributed by atoms with Crippen LogP contribution in [0.3, 0.4) is 0 Å². The lowest BCUT2D eigenvalue weighted by atomic mass is 10.2. The molecule has 0 bridgehead atoms. The predicted molar refractivity (Wildman–Crippen MR) is 64.6 cm³/mol. The molecule has 5 heteroatoms. The molecule has 0 aliphatic rings. The first-order valence-corrected chi connectivity index (χ1v) is 5.69. The van der Waals surface area contributed by atoms with E-state index in [4.69, 9.17) is 5.11 Å². The van der Waals surface area contributed by atoms with E-state index in [1.165, 1.54) is 18.2 Å². The zero-order chi connectivity index (χ0) is 12.4. The van der Waals surface area contributed by atoms with Gasteiger partial charge in [-0.25, -0.2) is 9.18 Å². The van der Waals surface area contributed by atoms with Crippen molar-refractivity contribution in [3.8, 4) is 0 Å². The topological polar surface area (TPSA) is 42.2 Å². The number of halogens is 2. The zero-order valence-electron chi connectivity index (χ0n) is 8.73. The highest BCUT2D eigenvalue weighted by atomic mass is 79.9. The smallest absolute Gasteiger partial charge is 0.352 e. The minimum atomic E-state index is -0.978. The van der Waals surface area contributed by atoms with Crippen LogP contribution in [-0.2, 0) is 6.54 Å². The molecule has 1 N–H and O–H groups in total. The van der Waals surface area contributed by atoms with Gasteiger partial charge in [0.15, 0.2) is 0 Å². The third-order valence-corrected chi connectivity index (χ3v) is 3.14. The summed E-state index contributed by atoms with van der Waals surface area (Å²) in [7, 11) is 0. The van der Waals surface area contributed by atoms with Gasteiger partial charge in [0.2, 0.25) is 0 Å². The second-order valence-electron chi connectivity index (χ2n) is 3.56. The lowest BCUT2D eigenvalue weighted by Crippen LogP contribution is -2.08. The van der Waals surface area contributed by atoms with Crippen LogP contribution in [0.1, 0.15) is 16.1 Å². The van der Waals surface area contributed by atoms with Gasteiger partial charge in [0.1, 0.15) is 11.5 Å². The minimum absolute atomic E-state index is 0.209. The Kier molecular flexibility index (Phi) is 3.28. The molecule has 3 nitrogen and oxygen atoms in total. The molecule has 0 radical (unpaired) electrons. The van der Waals surface area contributed by atoms with Crippen LogP contribution < -0.4 is 0 Å². The number of aromatic carboxylic acids is 1. The molecule has 0 amide bonds. The van der Waals surface area contributed by atoms with Crippen molar-refractivity contribution >= 4 is 21.9 Å². The molecule has 0 saturated heterocycles. The summed E-state index contributed by atoms with van der Waals surface area (Å²) in [5.41, 5.74) is 1.03. The molecule has 0 atom stereocenters. The van der Waals surface area contributed by atoms with E-state index in [0.717, 1.165) is 5.56 Å². The van der Waals surface area contributed by atoms with Crippen LogP contribution in [0.15, 0.2) is 41.0 Å². The number of rotatable bonds is 3. The SMILES string of the molecule is O=C(O)c1cccn1Cc1ccc(F)cc1Br. The highest BCUT2D eigenvalue weighted by molar-refractivity contribution is 9.10. The molecule has 0 unspecified atom stereocenters. The maximum absolute atomic E-state index is 12.9. The third kappa shape index (κ3) is 2.55. The molecule has 0 saturated carbocycles. The fourth-order valence-electron chi connectivity index (χ4n) is 1.58. The van der Waals surface area contributed by atoms with E-state index in [9.17, 15) is 9.18 Å². The molecule has 0 aliphatic heterocycles. The normalized spacial score (nSPS) is 10.5. The number of aromatic nitrogens is 1. The van der Waals surface area contributed by atoms with Crippen LogP contribution in [0.5, 0.6) is 0 Å². The van der Waals surface area contributed by atoms with Crippen molar-refractivity contribution in [2.24, 2.45) is 0 Å². The molecular formula is C12H9BrFNO2. The van der Waals surface area contributed by atoms with Crippen LogP contribution in [0, 0.1) is 5.82 Å². The Bertz CT molecular complexity index is 565. The Balaban J connectivity index is 2.31. The van der Waals surface area contributed by atoms with Gasteiger partial charge in [-0.3, -0.25) is 0 Å². The number of hydrogen-bond acceptors (Lipinski definition) is 1. The van der Waals surface area contributed by atoms with E-state index in [1.54, 1.807) is 22.9 Å². The molecule has 0 spiro atoms. The Morgan fingerprint density at radius 2 is 2.18 bits per heavy atom. The number of carboxylic acids is 1. The highest BCUT2D eigenvalue weighted by Gasteiger charge is 2.10. The Morgan fingerprint density at radius 3 is 2.82 bits per heavy atom. The summed E-state index contributed by atoms with van der Waals surface area (Å²) in [6, 6.07) is 7.54. The second kappa shape index (κ2) is 4.71. The van der Waals surface area contributed by atoms with Gasteiger partial charge in [-0.15, -0.1) is 0 Å². The van der Waals surface area contributed by atoms with Gasteiger partial charge in [-0.1, -0.05) is 22.0 Å². The lowest BCUT2D eigenvalue weighted by Gasteiger charge is -2.08. The van der Waals surface area contributed by atoms with E-state index in [-0.39, 0.29) is 11.5 Å². The summed E-state index contributed by atoms with van der Waals surface area (Å²) < 4.78 is 15.1. The van der Waals surface area contributed by atoms with Crippen LogP contribution in [0.2, 0.25) is 0 Å². The van der Waals surface area contributed by atoms with Crippen molar-refractivity contribution in [2.75, 3.05) is 0 Å². The van der Waals surface area contributed by atoms with Crippen molar-refractivity contribution in [3.05, 3.63) is 58.1 Å². The summed E-state index contributed by atoms with van der Waals surface area (Å²) in [6.07, 6.45) is 1.68. The first kappa shape index (κ1) is 11.9. The predicted octanol–water partition coefficient (Wildman–Crippen LogP) is 3.14. The standard InChI is InChI=1S/C12H9BrFNO2/c13-10-6-9(14)4-3-8(10)7-15-5-1-2-11(15)12(16)17/h1-6H,7H2,(H,16,17). The molecule has 0 fully saturated rings. The van der Waals surface area contributed by atoms with Gasteiger partial charge in [-0.05, 0) is 29.8 Å². The van der Waals surface area contributed by atoms with Gasteiger partial charge in [0, 0.05) is 17.2 Å². The molecular weight excluding hydrogens is 289 g/mol. The van der Waals surface area contributed by atoms with Crippen molar-refractivity contribution in [1.82, 2.24) is 4.57 Å². The molecule has 2 aromatic rings. The molecule has 17 heavy (non-hydrogen) atoms. The first-order valence-electron chi connectivity index (χ1n) is 4.90. The maximum Gasteiger partial charge on any atom is 0.352 e. The molecule has 88 valence electrons.